The molecule has 1 amide bonds. The molecule has 7 nitrogen and oxygen atoms in total. The van der Waals surface area contributed by atoms with Crippen molar-refractivity contribution < 1.29 is 14.8 Å². The molecule has 0 saturated carbocycles. The second-order valence-corrected chi connectivity index (χ2v) is 7.17. The van der Waals surface area contributed by atoms with E-state index in [-0.39, 0.29) is 10.6 Å². The summed E-state index contributed by atoms with van der Waals surface area (Å²) in [4.78, 5) is 26.1. The van der Waals surface area contributed by atoms with Crippen molar-refractivity contribution in [2.45, 2.75) is 4.90 Å². The molecule has 0 bridgehead atoms. The van der Waals surface area contributed by atoms with Crippen LogP contribution in [0.5, 0.6) is 0 Å². The van der Waals surface area contributed by atoms with Crippen LogP contribution in [-0.2, 0) is 0 Å². The lowest BCUT2D eigenvalue weighted by atomic mass is 10.2. The molecule has 1 aromatic rings. The van der Waals surface area contributed by atoms with E-state index >= 15 is 0 Å². The molecule has 0 radical (unpaired) electrons. The third kappa shape index (κ3) is 3.16. The van der Waals surface area contributed by atoms with Crippen molar-refractivity contribution in [3.63, 3.8) is 0 Å². The first kappa shape index (κ1) is 15.4. The van der Waals surface area contributed by atoms with Gasteiger partial charge in [-0.25, -0.2) is 4.79 Å². The minimum Gasteiger partial charge on any atom is -0.465 e. The van der Waals surface area contributed by atoms with Gasteiger partial charge in [0.15, 0.2) is 0 Å². The monoisotopic (exact) mass is 335 g/mol. The van der Waals surface area contributed by atoms with Crippen molar-refractivity contribution in [1.82, 2.24) is 4.90 Å². The Morgan fingerprint density at radius 2 is 1.83 bits per heavy atom. The first-order valence-corrected chi connectivity index (χ1v) is 8.69. The summed E-state index contributed by atoms with van der Waals surface area (Å²) in [5.41, 5.74) is 0.901. The van der Waals surface area contributed by atoms with Crippen molar-refractivity contribution in [1.29, 1.82) is 0 Å². The molecule has 0 aliphatic carbocycles. The van der Waals surface area contributed by atoms with Crippen LogP contribution in [0.25, 0.3) is 0 Å². The number of piperazine rings is 1. The molecule has 1 N–H and O–H groups in total. The largest absolute Gasteiger partial charge is 0.465 e. The Morgan fingerprint density at radius 1 is 1.17 bits per heavy atom. The van der Waals surface area contributed by atoms with E-state index in [0.29, 0.717) is 26.2 Å². The van der Waals surface area contributed by atoms with Gasteiger partial charge in [-0.05, 0) is 22.9 Å². The third-order valence-electron chi connectivity index (χ3n) is 3.95. The maximum Gasteiger partial charge on any atom is 0.407 e. The number of nitro groups is 1. The second-order valence-electron chi connectivity index (χ2n) is 5.28. The second kappa shape index (κ2) is 6.33. The van der Waals surface area contributed by atoms with Crippen LogP contribution in [-0.4, -0.2) is 47.2 Å². The zero-order chi connectivity index (χ0) is 16.4. The van der Waals surface area contributed by atoms with Crippen molar-refractivity contribution in [3.8, 4) is 0 Å². The van der Waals surface area contributed by atoms with Gasteiger partial charge in [0.25, 0.3) is 5.69 Å². The van der Waals surface area contributed by atoms with Gasteiger partial charge in [0, 0.05) is 37.9 Å². The number of anilines is 1. The predicted octanol–water partition coefficient (Wildman–Crippen LogP) is 2.80. The summed E-state index contributed by atoms with van der Waals surface area (Å²) in [6.45, 7) is 1.89. The summed E-state index contributed by atoms with van der Waals surface area (Å²) >= 11 is 0. The highest BCUT2D eigenvalue weighted by atomic mass is 32.2. The topological polar surface area (TPSA) is 86.9 Å². The van der Waals surface area contributed by atoms with Gasteiger partial charge in [-0.15, -0.1) is 0 Å². The summed E-state index contributed by atoms with van der Waals surface area (Å²) < 4.78 is 0. The fraction of sp³-hybridized carbons (Fsp3) is 0.267. The van der Waals surface area contributed by atoms with Gasteiger partial charge in [-0.2, -0.15) is 10.9 Å². The van der Waals surface area contributed by atoms with E-state index in [9.17, 15) is 14.9 Å². The van der Waals surface area contributed by atoms with Gasteiger partial charge in [0.05, 0.1) is 9.82 Å². The molecule has 2 aliphatic rings. The number of allylic oxidation sites excluding steroid dienone is 2. The van der Waals surface area contributed by atoms with E-state index in [1.54, 1.807) is 6.07 Å². The van der Waals surface area contributed by atoms with Gasteiger partial charge in [-0.1, -0.05) is 12.2 Å². The minimum atomic E-state index is -0.923. The maximum atomic E-state index is 11.4. The molecule has 122 valence electrons. The molecular formula is C15H17N3O4S. The Bertz CT molecular complexity index is 684. The van der Waals surface area contributed by atoms with Crippen molar-refractivity contribution in [3.05, 3.63) is 51.3 Å². The van der Waals surface area contributed by atoms with Gasteiger partial charge in [0.2, 0.25) is 0 Å². The molecular weight excluding hydrogens is 318 g/mol. The first-order chi connectivity index (χ1) is 11.1. The summed E-state index contributed by atoms with van der Waals surface area (Å²) in [6.07, 6.45) is 2.90. The van der Waals surface area contributed by atoms with Gasteiger partial charge in [-0.3, -0.25) is 10.1 Å². The van der Waals surface area contributed by atoms with Crippen LogP contribution in [0, 0.1) is 10.1 Å². The summed E-state index contributed by atoms with van der Waals surface area (Å²) in [7, 11) is -0.746. The van der Waals surface area contributed by atoms with Gasteiger partial charge in [0.1, 0.15) is 0 Å². The van der Waals surface area contributed by atoms with E-state index < -0.39 is 17.0 Å². The number of carboxylic acid groups (broad SMARTS) is 1. The van der Waals surface area contributed by atoms with Crippen LogP contribution in [0.3, 0.4) is 0 Å². The Kier molecular flexibility index (Phi) is 4.24. The molecule has 0 aromatic heterocycles. The van der Waals surface area contributed by atoms with Crippen LogP contribution in [0.1, 0.15) is 0 Å². The number of nitro benzene ring substituents is 1. The standard InChI is InChI=1S/C15H17N3O4S/c19-15(20)17-7-5-16(6-8-17)12-3-4-14(13(11-12)18(21)22)23-9-1-2-10-23/h1-4,9-11,23H,5-8H2,(H,19,20). The predicted molar refractivity (Wildman–Crippen MR) is 90.4 cm³/mol. The Balaban J connectivity index is 1.83. The lowest BCUT2D eigenvalue weighted by molar-refractivity contribution is -0.387. The van der Waals surface area contributed by atoms with E-state index in [2.05, 4.69) is 0 Å². The average molecular weight is 335 g/mol. The number of hydrogen-bond donors (Lipinski definition) is 2. The van der Waals surface area contributed by atoms with Crippen LogP contribution in [0.15, 0.2) is 46.1 Å². The number of nitrogens with zero attached hydrogens (tertiary/aromatic N) is 3. The molecule has 0 unspecified atom stereocenters. The smallest absolute Gasteiger partial charge is 0.407 e. The maximum absolute atomic E-state index is 11.4. The molecule has 0 spiro atoms. The van der Waals surface area contributed by atoms with Crippen molar-refractivity contribution in [2.75, 3.05) is 31.1 Å². The van der Waals surface area contributed by atoms with Crippen LogP contribution >= 0.6 is 10.9 Å². The van der Waals surface area contributed by atoms with Crippen molar-refractivity contribution in [2.24, 2.45) is 0 Å². The fourth-order valence-electron chi connectivity index (χ4n) is 2.72. The molecule has 2 aliphatic heterocycles. The summed E-state index contributed by atoms with van der Waals surface area (Å²) in [6, 6.07) is 5.32. The van der Waals surface area contributed by atoms with Crippen molar-refractivity contribution >= 4 is 28.4 Å². The molecule has 1 fully saturated rings. The van der Waals surface area contributed by atoms with E-state index in [1.807, 2.05) is 40.0 Å². The lowest BCUT2D eigenvalue weighted by Gasteiger charge is -2.34. The fourth-order valence-corrected chi connectivity index (χ4v) is 4.37. The first-order valence-electron chi connectivity index (χ1n) is 7.21. The zero-order valence-electron chi connectivity index (χ0n) is 12.3. The van der Waals surface area contributed by atoms with Gasteiger partial charge >= 0.3 is 6.09 Å². The molecule has 0 atom stereocenters. The van der Waals surface area contributed by atoms with Crippen LogP contribution < -0.4 is 4.90 Å². The minimum absolute atomic E-state index is 0.130. The Morgan fingerprint density at radius 3 is 2.39 bits per heavy atom. The number of rotatable bonds is 3. The Labute approximate surface area is 136 Å². The highest BCUT2D eigenvalue weighted by Crippen LogP contribution is 2.47. The summed E-state index contributed by atoms with van der Waals surface area (Å²) in [5.74, 6) is 0. The molecule has 1 aromatic carbocycles. The number of carbonyl (C=O) groups is 1. The van der Waals surface area contributed by atoms with E-state index in [4.69, 9.17) is 5.11 Å². The molecule has 2 heterocycles. The SMILES string of the molecule is O=C(O)N1CCN(c2ccc([SH]3C=CC=C3)c([N+](=O)[O-])c2)CC1. The number of hydrogen-bond acceptors (Lipinski definition) is 4. The molecule has 8 heteroatoms. The highest BCUT2D eigenvalue weighted by Gasteiger charge is 2.24. The zero-order valence-corrected chi connectivity index (χ0v) is 13.2. The van der Waals surface area contributed by atoms with Gasteiger partial charge < -0.3 is 14.9 Å². The highest BCUT2D eigenvalue weighted by molar-refractivity contribution is 8.22. The molecule has 23 heavy (non-hydrogen) atoms. The van der Waals surface area contributed by atoms with E-state index in [1.165, 1.54) is 4.90 Å². The average Bonchev–Trinajstić information content (AvgIpc) is 3.08. The normalized spacial score (nSPS) is 18.5. The quantitative estimate of drug-likeness (QED) is 0.504. The van der Waals surface area contributed by atoms with Crippen LogP contribution in [0.2, 0.25) is 0 Å². The lowest BCUT2D eigenvalue weighted by Crippen LogP contribution is -2.48. The van der Waals surface area contributed by atoms with Crippen LogP contribution in [0.4, 0.5) is 16.2 Å². The Hall–Kier alpha value is -2.48. The number of amides is 1. The van der Waals surface area contributed by atoms with E-state index in [0.717, 1.165) is 10.6 Å². The number of benzene rings is 1. The number of thiol groups is 1. The summed E-state index contributed by atoms with van der Waals surface area (Å²) in [5, 5.41) is 24.4. The molecule has 3 rings (SSSR count). The third-order valence-corrected chi connectivity index (χ3v) is 5.87. The molecule has 1 saturated heterocycles.